The van der Waals surface area contributed by atoms with Gasteiger partial charge in [0.25, 0.3) is 11.1 Å². The van der Waals surface area contributed by atoms with Gasteiger partial charge in [0.05, 0.1) is 25.7 Å². The van der Waals surface area contributed by atoms with Gasteiger partial charge in [0.1, 0.15) is 0 Å². The average molecular weight is 506 g/mol. The first-order valence-corrected chi connectivity index (χ1v) is 10.8. The van der Waals surface area contributed by atoms with Gasteiger partial charge in [-0.15, -0.1) is 0 Å². The minimum absolute atomic E-state index is 0.222. The summed E-state index contributed by atoms with van der Waals surface area (Å²) in [6, 6.07) is 10.9. The van der Waals surface area contributed by atoms with Crippen molar-refractivity contribution in [2.75, 3.05) is 20.8 Å². The van der Waals surface area contributed by atoms with Gasteiger partial charge in [-0.1, -0.05) is 40.2 Å². The third kappa shape index (κ3) is 5.29. The van der Waals surface area contributed by atoms with Gasteiger partial charge < -0.3 is 14.2 Å². The molecule has 1 heterocycles. The van der Waals surface area contributed by atoms with E-state index < -0.39 is 5.97 Å². The second kappa shape index (κ2) is 10.0. The Bertz CT molecular complexity index is 1070. The molecule has 0 radical (unpaired) electrons. The van der Waals surface area contributed by atoms with E-state index in [9.17, 15) is 14.4 Å². The molecular formula is C22H20BrNO6S. The number of hydrogen-bond acceptors (Lipinski definition) is 7. The number of ether oxygens (including phenoxy) is 3. The smallest absolute Gasteiger partial charge is 0.343 e. The molecule has 0 spiro atoms. The van der Waals surface area contributed by atoms with Crippen LogP contribution in [0.25, 0.3) is 6.08 Å². The Balaban J connectivity index is 1.84. The summed E-state index contributed by atoms with van der Waals surface area (Å²) in [5.74, 6) is -0.165. The molecule has 0 aromatic heterocycles. The minimum Gasteiger partial charge on any atom is -0.493 e. The van der Waals surface area contributed by atoms with Gasteiger partial charge in [-0.25, -0.2) is 4.79 Å². The van der Waals surface area contributed by atoms with E-state index in [1.165, 1.54) is 19.1 Å². The second-order valence-electron chi connectivity index (χ2n) is 6.58. The fourth-order valence-electron chi connectivity index (χ4n) is 2.86. The zero-order chi connectivity index (χ0) is 22.5. The molecule has 0 aliphatic carbocycles. The first-order chi connectivity index (χ1) is 14.8. The highest BCUT2D eigenvalue weighted by molar-refractivity contribution is 9.10. The maximum Gasteiger partial charge on any atom is 0.343 e. The quantitative estimate of drug-likeness (QED) is 0.403. The zero-order valence-electron chi connectivity index (χ0n) is 17.1. The summed E-state index contributed by atoms with van der Waals surface area (Å²) in [7, 11) is 2.74. The molecule has 31 heavy (non-hydrogen) atoms. The van der Waals surface area contributed by atoms with Gasteiger partial charge >= 0.3 is 5.97 Å². The lowest BCUT2D eigenvalue weighted by atomic mass is 10.1. The predicted molar refractivity (Wildman–Crippen MR) is 121 cm³/mol. The molecule has 0 N–H and O–H groups in total. The highest BCUT2D eigenvalue weighted by Crippen LogP contribution is 2.38. The summed E-state index contributed by atoms with van der Waals surface area (Å²) in [6.07, 6.45) is 1.62. The lowest BCUT2D eigenvalue weighted by molar-refractivity contribution is -0.142. The number of carbonyl (C=O) groups excluding carboxylic acids is 3. The number of esters is 1. The molecule has 0 atom stereocenters. The van der Waals surface area contributed by atoms with Crippen LogP contribution in [-0.4, -0.2) is 42.8 Å². The fraction of sp³-hybridized carbons (Fsp3) is 0.227. The molecule has 7 nitrogen and oxygen atoms in total. The van der Waals surface area contributed by atoms with Crippen LogP contribution < -0.4 is 9.47 Å². The maximum atomic E-state index is 12.9. The molecule has 3 rings (SSSR count). The number of imide groups is 1. The topological polar surface area (TPSA) is 82.1 Å². The zero-order valence-corrected chi connectivity index (χ0v) is 19.5. The van der Waals surface area contributed by atoms with Crippen molar-refractivity contribution < 1.29 is 28.6 Å². The van der Waals surface area contributed by atoms with E-state index in [-0.39, 0.29) is 24.3 Å². The van der Waals surface area contributed by atoms with Crippen molar-refractivity contribution in [3.63, 3.8) is 0 Å². The van der Waals surface area contributed by atoms with Crippen LogP contribution in [0.3, 0.4) is 0 Å². The van der Waals surface area contributed by atoms with Crippen LogP contribution >= 0.6 is 27.7 Å². The molecule has 2 aromatic carbocycles. The molecule has 1 aliphatic heterocycles. The van der Waals surface area contributed by atoms with Crippen molar-refractivity contribution in [2.24, 2.45) is 0 Å². The van der Waals surface area contributed by atoms with E-state index in [1.807, 2.05) is 31.2 Å². The molecule has 2 amide bonds. The number of carbonyl (C=O) groups is 3. The number of benzene rings is 2. The molecule has 162 valence electrons. The highest BCUT2D eigenvalue weighted by atomic mass is 79.9. The van der Waals surface area contributed by atoms with Gasteiger partial charge in [0, 0.05) is 4.47 Å². The summed E-state index contributed by atoms with van der Waals surface area (Å²) in [6.45, 7) is 1.90. The number of methoxy groups -OCH3 is 2. The Labute approximate surface area is 192 Å². The van der Waals surface area contributed by atoms with Gasteiger partial charge in [0.2, 0.25) is 0 Å². The summed E-state index contributed by atoms with van der Waals surface area (Å²) in [4.78, 5) is 38.2. The lowest BCUT2D eigenvalue weighted by Crippen LogP contribution is -2.27. The van der Waals surface area contributed by atoms with Crippen LogP contribution in [0.15, 0.2) is 45.8 Å². The molecular weight excluding hydrogens is 486 g/mol. The molecule has 1 fully saturated rings. The van der Waals surface area contributed by atoms with E-state index in [0.29, 0.717) is 26.4 Å². The number of amides is 2. The fourth-order valence-corrected chi connectivity index (χ4v) is 4.13. The molecule has 2 aromatic rings. The third-order valence-corrected chi connectivity index (χ3v) is 6.20. The largest absolute Gasteiger partial charge is 0.493 e. The number of nitrogens with zero attached hydrogens (tertiary/aromatic N) is 1. The van der Waals surface area contributed by atoms with Gasteiger partial charge in [-0.2, -0.15) is 0 Å². The van der Waals surface area contributed by atoms with Crippen LogP contribution in [0.2, 0.25) is 0 Å². The molecule has 1 saturated heterocycles. The lowest BCUT2D eigenvalue weighted by Gasteiger charge is -2.14. The van der Waals surface area contributed by atoms with Crippen molar-refractivity contribution in [1.29, 1.82) is 0 Å². The summed E-state index contributed by atoms with van der Waals surface area (Å²) >= 11 is 4.33. The van der Waals surface area contributed by atoms with E-state index in [2.05, 4.69) is 20.7 Å². The minimum atomic E-state index is -0.524. The first-order valence-electron chi connectivity index (χ1n) is 9.21. The second-order valence-corrected chi connectivity index (χ2v) is 8.43. The van der Waals surface area contributed by atoms with Crippen LogP contribution in [-0.2, 0) is 20.9 Å². The molecule has 1 aliphatic rings. The van der Waals surface area contributed by atoms with Crippen molar-refractivity contribution in [1.82, 2.24) is 4.90 Å². The van der Waals surface area contributed by atoms with Crippen molar-refractivity contribution >= 4 is 50.9 Å². The standard InChI is InChI=1S/C22H20BrNO6S/c1-13-6-4-5-7-14(13)11-24-21(26)19(31-22(24)27)9-15-8-17(28-2)18(10-16(15)23)30-12-20(25)29-3/h4-10H,11-12H2,1-3H3/b19-9-. The number of thioether (sulfide) groups is 1. The molecule has 9 heteroatoms. The number of rotatable bonds is 7. The average Bonchev–Trinajstić information content (AvgIpc) is 3.02. The van der Waals surface area contributed by atoms with E-state index >= 15 is 0 Å². The van der Waals surface area contributed by atoms with Crippen molar-refractivity contribution in [2.45, 2.75) is 13.5 Å². The van der Waals surface area contributed by atoms with Crippen molar-refractivity contribution in [3.05, 3.63) is 62.5 Å². The van der Waals surface area contributed by atoms with Crippen LogP contribution in [0, 0.1) is 6.92 Å². The van der Waals surface area contributed by atoms with Crippen LogP contribution in [0.4, 0.5) is 4.79 Å². The Morgan fingerprint density at radius 3 is 2.58 bits per heavy atom. The van der Waals surface area contributed by atoms with Gasteiger partial charge in [0.15, 0.2) is 18.1 Å². The van der Waals surface area contributed by atoms with E-state index in [0.717, 1.165) is 22.9 Å². The normalized spacial score (nSPS) is 14.8. The third-order valence-electron chi connectivity index (χ3n) is 4.61. The Morgan fingerprint density at radius 2 is 1.90 bits per heavy atom. The summed E-state index contributed by atoms with van der Waals surface area (Å²) in [5, 5.41) is -0.319. The van der Waals surface area contributed by atoms with Gasteiger partial charge in [-0.05, 0) is 53.6 Å². The molecule has 0 saturated carbocycles. The monoisotopic (exact) mass is 505 g/mol. The maximum absolute atomic E-state index is 12.9. The van der Waals surface area contributed by atoms with Crippen molar-refractivity contribution in [3.8, 4) is 11.5 Å². The van der Waals surface area contributed by atoms with Crippen LogP contribution in [0.1, 0.15) is 16.7 Å². The number of hydrogen-bond donors (Lipinski definition) is 0. The Morgan fingerprint density at radius 1 is 1.16 bits per heavy atom. The Hall–Kier alpha value is -2.78. The molecule has 0 bridgehead atoms. The highest BCUT2D eigenvalue weighted by Gasteiger charge is 2.35. The van der Waals surface area contributed by atoms with Crippen LogP contribution in [0.5, 0.6) is 11.5 Å². The predicted octanol–water partition coefficient (Wildman–Crippen LogP) is 4.55. The summed E-state index contributed by atoms with van der Waals surface area (Å²) < 4.78 is 15.9. The SMILES string of the molecule is COC(=O)COc1cc(Br)c(/C=C2\SC(=O)N(Cc3ccccc3C)C2=O)cc1OC. The van der Waals surface area contributed by atoms with E-state index in [4.69, 9.17) is 9.47 Å². The first kappa shape index (κ1) is 22.9. The van der Waals surface area contributed by atoms with Gasteiger partial charge in [-0.3, -0.25) is 14.5 Å². The number of halogens is 1. The van der Waals surface area contributed by atoms with E-state index in [1.54, 1.807) is 18.2 Å². The number of aryl methyl sites for hydroxylation is 1. The summed E-state index contributed by atoms with van der Waals surface area (Å²) in [5.41, 5.74) is 2.56. The molecule has 0 unspecified atom stereocenters. The Kier molecular flexibility index (Phi) is 7.40.